The molecule has 2 atom stereocenters. The van der Waals surface area contributed by atoms with Gasteiger partial charge in [0.25, 0.3) is 0 Å². The van der Waals surface area contributed by atoms with Gasteiger partial charge in [0.1, 0.15) is 0 Å². The number of carboxylic acids is 1. The Morgan fingerprint density at radius 3 is 2.53 bits per heavy atom. The molecule has 0 bridgehead atoms. The summed E-state index contributed by atoms with van der Waals surface area (Å²) in [5.74, 6) is 0.229. The van der Waals surface area contributed by atoms with E-state index < -0.39 is 5.97 Å². The smallest absolute Gasteiger partial charge is 0.303 e. The molecule has 0 saturated heterocycles. The van der Waals surface area contributed by atoms with Crippen LogP contribution in [-0.2, 0) is 17.6 Å². The molecule has 19 heavy (non-hydrogen) atoms. The molecule has 1 aliphatic carbocycles. The number of rotatable bonds is 6. The van der Waals surface area contributed by atoms with Gasteiger partial charge in [0, 0.05) is 13.0 Å². The van der Waals surface area contributed by atoms with Crippen molar-refractivity contribution in [3.8, 4) is 0 Å². The topological polar surface area (TPSA) is 57.5 Å². The molecule has 2 N–H and O–H groups in total. The number of hydrogen-bond acceptors (Lipinski definition) is 2. The van der Waals surface area contributed by atoms with Crippen LogP contribution in [0, 0.1) is 11.8 Å². The van der Waals surface area contributed by atoms with E-state index >= 15 is 0 Å². The summed E-state index contributed by atoms with van der Waals surface area (Å²) < 4.78 is 0. The average molecular weight is 262 g/mol. The zero-order chi connectivity index (χ0) is 13.7. The van der Waals surface area contributed by atoms with E-state index in [-0.39, 0.29) is 13.0 Å². The Kier molecular flexibility index (Phi) is 4.97. The molecule has 1 aromatic rings. The fourth-order valence-corrected chi connectivity index (χ4v) is 3.15. The lowest BCUT2D eigenvalue weighted by atomic mass is 9.87. The molecule has 1 saturated carbocycles. The summed E-state index contributed by atoms with van der Waals surface area (Å²) >= 11 is 0. The molecular formula is C16H22O3. The van der Waals surface area contributed by atoms with E-state index in [0.29, 0.717) is 18.3 Å². The van der Waals surface area contributed by atoms with Crippen LogP contribution in [0.15, 0.2) is 24.3 Å². The van der Waals surface area contributed by atoms with Crippen LogP contribution in [0.25, 0.3) is 0 Å². The quantitative estimate of drug-likeness (QED) is 0.828. The van der Waals surface area contributed by atoms with Gasteiger partial charge in [0.15, 0.2) is 0 Å². The third-order valence-electron chi connectivity index (χ3n) is 4.26. The first kappa shape index (κ1) is 14.1. The molecule has 0 radical (unpaired) electrons. The molecule has 0 aliphatic heterocycles. The molecule has 3 heteroatoms. The summed E-state index contributed by atoms with van der Waals surface area (Å²) in [5.41, 5.74) is 2.41. The van der Waals surface area contributed by atoms with E-state index in [1.165, 1.54) is 18.4 Å². The van der Waals surface area contributed by atoms with Gasteiger partial charge in [-0.3, -0.25) is 4.79 Å². The average Bonchev–Trinajstić information content (AvgIpc) is 2.85. The van der Waals surface area contributed by atoms with Gasteiger partial charge in [-0.1, -0.05) is 30.7 Å². The number of benzene rings is 1. The van der Waals surface area contributed by atoms with E-state index in [0.717, 1.165) is 18.4 Å². The molecule has 104 valence electrons. The minimum Gasteiger partial charge on any atom is -0.481 e. The highest BCUT2D eigenvalue weighted by Gasteiger charge is 2.27. The summed E-state index contributed by atoms with van der Waals surface area (Å²) in [4.78, 5) is 10.7. The molecule has 0 spiro atoms. The van der Waals surface area contributed by atoms with Crippen LogP contribution in [-0.4, -0.2) is 22.8 Å². The monoisotopic (exact) mass is 262 g/mol. The summed E-state index contributed by atoms with van der Waals surface area (Å²) in [6.45, 7) is 0.280. The Bertz CT molecular complexity index is 428. The third-order valence-corrected chi connectivity index (χ3v) is 4.26. The third kappa shape index (κ3) is 3.80. The second-order valence-electron chi connectivity index (χ2n) is 5.50. The maximum Gasteiger partial charge on any atom is 0.303 e. The number of aliphatic carboxylic acids is 1. The number of aliphatic hydroxyl groups is 1. The van der Waals surface area contributed by atoms with Crippen molar-refractivity contribution in [2.24, 2.45) is 11.8 Å². The normalized spacial score (nSPS) is 22.6. The minimum atomic E-state index is -0.746. The number of carboxylic acid groups (broad SMARTS) is 1. The van der Waals surface area contributed by atoms with Gasteiger partial charge in [-0.2, -0.15) is 0 Å². The molecule has 0 aromatic heterocycles. The van der Waals surface area contributed by atoms with Crippen molar-refractivity contribution in [2.75, 3.05) is 6.61 Å². The number of hydrogen-bond donors (Lipinski definition) is 2. The predicted octanol–water partition coefficient (Wildman–Crippen LogP) is 2.65. The highest BCUT2D eigenvalue weighted by atomic mass is 16.4. The second kappa shape index (κ2) is 6.71. The van der Waals surface area contributed by atoms with Crippen LogP contribution in [0.3, 0.4) is 0 Å². The van der Waals surface area contributed by atoms with Crippen molar-refractivity contribution in [3.05, 3.63) is 35.4 Å². The first-order valence-electron chi connectivity index (χ1n) is 7.10. The van der Waals surface area contributed by atoms with E-state index in [2.05, 4.69) is 6.07 Å². The van der Waals surface area contributed by atoms with Gasteiger partial charge in [-0.05, 0) is 48.6 Å². The summed E-state index contributed by atoms with van der Waals surface area (Å²) in [5, 5.41) is 18.2. The fourth-order valence-electron chi connectivity index (χ4n) is 3.15. The van der Waals surface area contributed by atoms with Gasteiger partial charge in [-0.25, -0.2) is 0 Å². The number of aliphatic hydroxyl groups excluding tert-OH is 1. The zero-order valence-corrected chi connectivity index (χ0v) is 11.2. The number of carbonyl (C=O) groups is 1. The largest absolute Gasteiger partial charge is 0.481 e. The van der Waals surface area contributed by atoms with Gasteiger partial charge < -0.3 is 10.2 Å². The molecule has 1 fully saturated rings. The highest BCUT2D eigenvalue weighted by Crippen LogP contribution is 2.34. The lowest BCUT2D eigenvalue weighted by molar-refractivity contribution is -0.136. The van der Waals surface area contributed by atoms with Gasteiger partial charge in [-0.15, -0.1) is 0 Å². The Morgan fingerprint density at radius 1 is 1.16 bits per heavy atom. The second-order valence-corrected chi connectivity index (χ2v) is 5.50. The molecular weight excluding hydrogens is 240 g/mol. The van der Waals surface area contributed by atoms with Gasteiger partial charge >= 0.3 is 5.97 Å². The molecule has 1 aliphatic rings. The first-order chi connectivity index (χ1) is 9.20. The van der Waals surface area contributed by atoms with Crippen molar-refractivity contribution in [3.63, 3.8) is 0 Å². The van der Waals surface area contributed by atoms with Crippen molar-refractivity contribution < 1.29 is 15.0 Å². The van der Waals surface area contributed by atoms with Crippen LogP contribution in [0.1, 0.15) is 36.8 Å². The Labute approximate surface area is 114 Å². The molecule has 3 nitrogen and oxygen atoms in total. The lowest BCUT2D eigenvalue weighted by Crippen LogP contribution is -2.15. The molecule has 0 amide bonds. The fraction of sp³-hybridized carbons (Fsp3) is 0.562. The van der Waals surface area contributed by atoms with Crippen molar-refractivity contribution in [1.29, 1.82) is 0 Å². The summed E-state index contributed by atoms with van der Waals surface area (Å²) in [6.07, 6.45) is 5.26. The Hall–Kier alpha value is -1.35. The van der Waals surface area contributed by atoms with Crippen LogP contribution in [0.4, 0.5) is 0 Å². The van der Waals surface area contributed by atoms with E-state index in [9.17, 15) is 9.90 Å². The van der Waals surface area contributed by atoms with Gasteiger partial charge in [0.2, 0.25) is 0 Å². The standard InChI is InChI=1S/C16H22O3/c17-11-15-7-3-6-14(15)10-13-5-2-1-4-12(13)8-9-16(18)19/h1-2,4-5,14-15,17H,3,6-11H2,(H,18,19)/t14-,15+/m0/s1. The number of aryl methyl sites for hydroxylation is 1. The van der Waals surface area contributed by atoms with Crippen molar-refractivity contribution >= 4 is 5.97 Å². The van der Waals surface area contributed by atoms with Crippen molar-refractivity contribution in [2.45, 2.75) is 38.5 Å². The zero-order valence-electron chi connectivity index (χ0n) is 11.2. The Morgan fingerprint density at radius 2 is 1.84 bits per heavy atom. The van der Waals surface area contributed by atoms with Crippen LogP contribution in [0.5, 0.6) is 0 Å². The van der Waals surface area contributed by atoms with Crippen molar-refractivity contribution in [1.82, 2.24) is 0 Å². The highest BCUT2D eigenvalue weighted by molar-refractivity contribution is 5.67. The van der Waals surface area contributed by atoms with E-state index in [1.54, 1.807) is 0 Å². The molecule has 0 unspecified atom stereocenters. The van der Waals surface area contributed by atoms with Crippen LogP contribution < -0.4 is 0 Å². The lowest BCUT2D eigenvalue weighted by Gasteiger charge is -2.19. The SMILES string of the molecule is O=C(O)CCc1ccccc1C[C@@H]1CCC[C@@H]1CO. The minimum absolute atomic E-state index is 0.186. The molecule has 0 heterocycles. The maximum absolute atomic E-state index is 10.7. The maximum atomic E-state index is 10.7. The summed E-state index contributed by atoms with van der Waals surface area (Å²) in [6, 6.07) is 8.12. The molecule has 1 aromatic carbocycles. The molecule has 2 rings (SSSR count). The first-order valence-corrected chi connectivity index (χ1v) is 7.10. The summed E-state index contributed by atoms with van der Waals surface area (Å²) in [7, 11) is 0. The predicted molar refractivity (Wildman–Crippen MR) is 74.0 cm³/mol. The van der Waals surface area contributed by atoms with E-state index in [1.807, 2.05) is 18.2 Å². The van der Waals surface area contributed by atoms with Gasteiger partial charge in [0.05, 0.1) is 0 Å². The van der Waals surface area contributed by atoms with E-state index in [4.69, 9.17) is 5.11 Å². The van der Waals surface area contributed by atoms with Crippen LogP contribution in [0.2, 0.25) is 0 Å². The van der Waals surface area contributed by atoms with Crippen LogP contribution >= 0.6 is 0 Å². The Balaban J connectivity index is 2.04.